The number of hydrogen-bond donors (Lipinski definition) is 2. The summed E-state index contributed by atoms with van der Waals surface area (Å²) in [5.74, 6) is 0.0832. The summed E-state index contributed by atoms with van der Waals surface area (Å²) in [4.78, 5) is 25.1. The lowest BCUT2D eigenvalue weighted by molar-refractivity contribution is -0.147. The molecule has 0 aromatic heterocycles. The molecule has 32 heavy (non-hydrogen) atoms. The molecule has 0 bridgehead atoms. The molecule has 172 valence electrons. The lowest BCUT2D eigenvalue weighted by atomic mass is 9.77. The molecule has 2 aromatic rings. The number of ketones is 1. The third-order valence-electron chi connectivity index (χ3n) is 6.03. The average Bonchev–Trinajstić information content (AvgIpc) is 2.82. The number of carbonyl (C=O) groups excluding carboxylic acids is 1. The molecule has 0 aliphatic carbocycles. The Morgan fingerprint density at radius 1 is 1.12 bits per heavy atom. The zero-order valence-corrected chi connectivity index (χ0v) is 18.5. The first-order chi connectivity index (χ1) is 15.5. The van der Waals surface area contributed by atoms with Crippen LogP contribution in [-0.4, -0.2) is 61.3 Å². The Hall–Kier alpha value is -2.74. The van der Waals surface area contributed by atoms with Crippen LogP contribution in [0.4, 0.5) is 0 Å². The zero-order chi connectivity index (χ0) is 22.9. The van der Waals surface area contributed by atoms with Crippen molar-refractivity contribution < 1.29 is 24.2 Å². The molecule has 1 aliphatic heterocycles. The maximum Gasteiger partial charge on any atom is 0.329 e. The minimum Gasteiger partial charge on any atom is -0.497 e. The van der Waals surface area contributed by atoms with Gasteiger partial charge in [0.15, 0.2) is 12.0 Å². The Labute approximate surface area is 189 Å². The monoisotopic (exact) mass is 440 g/mol. The van der Waals surface area contributed by atoms with Crippen molar-refractivity contribution in [2.24, 2.45) is 11.7 Å². The molecule has 0 radical (unpaired) electrons. The molecule has 7 heteroatoms. The van der Waals surface area contributed by atoms with E-state index in [0.717, 1.165) is 31.7 Å². The summed E-state index contributed by atoms with van der Waals surface area (Å²) < 4.78 is 10.2. The van der Waals surface area contributed by atoms with Crippen LogP contribution in [0, 0.1) is 5.92 Å². The summed E-state index contributed by atoms with van der Waals surface area (Å²) >= 11 is 0. The van der Waals surface area contributed by atoms with Crippen molar-refractivity contribution in [3.05, 3.63) is 65.7 Å². The normalized spacial score (nSPS) is 18.6. The lowest BCUT2D eigenvalue weighted by Gasteiger charge is -2.37. The first-order valence-corrected chi connectivity index (χ1v) is 11.0. The number of ether oxygens (including phenoxy) is 2. The highest BCUT2D eigenvalue weighted by atomic mass is 16.5. The topological polar surface area (TPSA) is 102 Å². The van der Waals surface area contributed by atoms with Gasteiger partial charge in [-0.1, -0.05) is 42.5 Å². The fourth-order valence-electron chi connectivity index (χ4n) is 4.44. The van der Waals surface area contributed by atoms with Gasteiger partial charge >= 0.3 is 5.97 Å². The molecule has 1 saturated heterocycles. The number of nitrogens with two attached hydrogens (primary N) is 1. The predicted octanol–water partition coefficient (Wildman–Crippen LogP) is 2.88. The SMILES string of the molecule is COc1ccc(C(c2ccccc2)C2CCCN(CCC(=O)C(N)OCC(=O)O)C2)cc1. The maximum atomic E-state index is 12.2. The van der Waals surface area contributed by atoms with Crippen LogP contribution in [0.2, 0.25) is 0 Å². The number of aliphatic carboxylic acids is 1. The van der Waals surface area contributed by atoms with Crippen molar-refractivity contribution in [2.75, 3.05) is 33.4 Å². The molecular formula is C25H32N2O5. The number of likely N-dealkylation sites (tertiary alicyclic amines) is 1. The highest BCUT2D eigenvalue weighted by Crippen LogP contribution is 2.37. The van der Waals surface area contributed by atoms with Crippen molar-refractivity contribution in [1.82, 2.24) is 4.90 Å². The third kappa shape index (κ3) is 6.63. The third-order valence-corrected chi connectivity index (χ3v) is 6.03. The fourth-order valence-corrected chi connectivity index (χ4v) is 4.44. The van der Waals surface area contributed by atoms with Gasteiger partial charge in [0, 0.05) is 25.4 Å². The van der Waals surface area contributed by atoms with Gasteiger partial charge in [0.1, 0.15) is 12.4 Å². The fraction of sp³-hybridized carbons (Fsp3) is 0.440. The number of carbonyl (C=O) groups is 2. The molecule has 0 saturated carbocycles. The van der Waals surface area contributed by atoms with Crippen molar-refractivity contribution in [3.8, 4) is 5.75 Å². The lowest BCUT2D eigenvalue weighted by Crippen LogP contribution is -2.41. The second-order valence-electron chi connectivity index (χ2n) is 8.21. The quantitative estimate of drug-likeness (QED) is 0.518. The van der Waals surface area contributed by atoms with Crippen LogP contribution in [0.3, 0.4) is 0 Å². The number of benzene rings is 2. The van der Waals surface area contributed by atoms with E-state index < -0.39 is 18.8 Å². The predicted molar refractivity (Wildman–Crippen MR) is 122 cm³/mol. The molecule has 1 aliphatic rings. The van der Waals surface area contributed by atoms with E-state index in [1.807, 2.05) is 18.2 Å². The van der Waals surface area contributed by atoms with E-state index >= 15 is 0 Å². The van der Waals surface area contributed by atoms with Gasteiger partial charge in [0.05, 0.1) is 7.11 Å². The molecule has 3 atom stereocenters. The van der Waals surface area contributed by atoms with Crippen molar-refractivity contribution in [3.63, 3.8) is 0 Å². The summed E-state index contributed by atoms with van der Waals surface area (Å²) in [6.45, 7) is 1.83. The van der Waals surface area contributed by atoms with Crippen molar-refractivity contribution >= 4 is 11.8 Å². The Balaban J connectivity index is 1.67. The molecule has 3 rings (SSSR count). The summed E-state index contributed by atoms with van der Waals surface area (Å²) in [5, 5.41) is 8.67. The molecule has 3 N–H and O–H groups in total. The molecule has 3 unspecified atom stereocenters. The Morgan fingerprint density at radius 3 is 2.47 bits per heavy atom. The van der Waals surface area contributed by atoms with Crippen molar-refractivity contribution in [2.45, 2.75) is 31.4 Å². The Morgan fingerprint density at radius 2 is 1.81 bits per heavy atom. The van der Waals surface area contributed by atoms with E-state index in [1.54, 1.807) is 7.11 Å². The van der Waals surface area contributed by atoms with Gasteiger partial charge in [-0.2, -0.15) is 0 Å². The highest BCUT2D eigenvalue weighted by molar-refractivity contribution is 5.83. The molecule has 1 heterocycles. The van der Waals surface area contributed by atoms with Crippen LogP contribution in [0.1, 0.15) is 36.3 Å². The second kappa shape index (κ2) is 11.8. The van der Waals surface area contributed by atoms with Gasteiger partial charge in [0.2, 0.25) is 0 Å². The number of piperidine rings is 1. The highest BCUT2D eigenvalue weighted by Gasteiger charge is 2.30. The molecule has 7 nitrogen and oxygen atoms in total. The average molecular weight is 441 g/mol. The molecule has 1 fully saturated rings. The summed E-state index contributed by atoms with van der Waals surface area (Å²) in [6, 6.07) is 18.8. The first kappa shape index (κ1) is 23.9. The summed E-state index contributed by atoms with van der Waals surface area (Å²) in [6.07, 6.45) is 1.21. The van der Waals surface area contributed by atoms with E-state index in [1.165, 1.54) is 11.1 Å². The van der Waals surface area contributed by atoms with Crippen LogP contribution in [-0.2, 0) is 14.3 Å². The van der Waals surface area contributed by atoms with E-state index in [0.29, 0.717) is 12.5 Å². The zero-order valence-electron chi connectivity index (χ0n) is 18.5. The number of carboxylic acids is 1. The smallest absolute Gasteiger partial charge is 0.329 e. The second-order valence-corrected chi connectivity index (χ2v) is 8.21. The number of hydrogen-bond acceptors (Lipinski definition) is 6. The largest absolute Gasteiger partial charge is 0.497 e. The number of nitrogens with zero attached hydrogens (tertiary/aromatic N) is 1. The minimum absolute atomic E-state index is 0.242. The Kier molecular flexibility index (Phi) is 8.79. The number of Topliss-reactive ketones (excluding diaryl/α,β-unsaturated/α-hetero) is 1. The van der Waals surface area contributed by atoms with E-state index in [9.17, 15) is 9.59 Å². The van der Waals surface area contributed by atoms with Gasteiger partial charge < -0.3 is 19.5 Å². The number of carboxylic acid groups (broad SMARTS) is 1. The van der Waals surface area contributed by atoms with Gasteiger partial charge in [-0.05, 0) is 48.6 Å². The van der Waals surface area contributed by atoms with Crippen LogP contribution >= 0.6 is 0 Å². The summed E-state index contributed by atoms with van der Waals surface area (Å²) in [5.41, 5.74) is 8.20. The molecule has 0 amide bonds. The van der Waals surface area contributed by atoms with E-state index in [2.05, 4.69) is 41.3 Å². The van der Waals surface area contributed by atoms with Gasteiger partial charge in [-0.15, -0.1) is 0 Å². The maximum absolute atomic E-state index is 12.2. The number of methoxy groups -OCH3 is 1. The van der Waals surface area contributed by atoms with E-state index in [4.69, 9.17) is 20.3 Å². The van der Waals surface area contributed by atoms with Crippen LogP contribution < -0.4 is 10.5 Å². The van der Waals surface area contributed by atoms with Crippen molar-refractivity contribution in [1.29, 1.82) is 0 Å². The molecule has 2 aromatic carbocycles. The van der Waals surface area contributed by atoms with Crippen LogP contribution in [0.25, 0.3) is 0 Å². The Bertz CT molecular complexity index is 872. The van der Waals surface area contributed by atoms with E-state index in [-0.39, 0.29) is 18.1 Å². The molecular weight excluding hydrogens is 408 g/mol. The van der Waals surface area contributed by atoms with Gasteiger partial charge in [0.25, 0.3) is 0 Å². The van der Waals surface area contributed by atoms with Crippen LogP contribution in [0.15, 0.2) is 54.6 Å². The van der Waals surface area contributed by atoms with Crippen LogP contribution in [0.5, 0.6) is 5.75 Å². The van der Waals surface area contributed by atoms with Gasteiger partial charge in [-0.3, -0.25) is 10.5 Å². The minimum atomic E-state index is -1.19. The molecule has 0 spiro atoms. The standard InChI is InChI=1S/C25H32N2O5/c1-31-21-11-9-19(10-12-21)24(18-6-3-2-4-7-18)20-8-5-14-27(16-20)15-13-22(28)25(26)32-17-23(29)30/h2-4,6-7,9-12,20,24-25H,5,8,13-17,26H2,1H3,(H,29,30). The van der Waals surface area contributed by atoms with Gasteiger partial charge in [-0.25, -0.2) is 4.79 Å². The number of rotatable bonds is 11. The summed E-state index contributed by atoms with van der Waals surface area (Å²) in [7, 11) is 1.67. The first-order valence-electron chi connectivity index (χ1n) is 11.0.